The summed E-state index contributed by atoms with van der Waals surface area (Å²) >= 11 is 0. The predicted molar refractivity (Wildman–Crippen MR) is 99.7 cm³/mol. The third kappa shape index (κ3) is 2.88. The second-order valence-electron chi connectivity index (χ2n) is 6.14. The molecule has 3 N–H and O–H groups in total. The normalized spacial score (nSPS) is 13.7. The number of rotatable bonds is 1. The highest BCUT2D eigenvalue weighted by atomic mass is 16.5. The molecule has 0 saturated carbocycles. The van der Waals surface area contributed by atoms with E-state index < -0.39 is 0 Å². The molecule has 2 aromatic heterocycles. The Morgan fingerprint density at radius 3 is 3.04 bits per heavy atom. The number of nitrogens with zero attached hydrogens (tertiary/aromatic N) is 3. The molecule has 0 aliphatic carbocycles. The SMILES string of the molecule is CNC(=O)N1CCOc2ccc(-c3nc(N)cc4cnccc34)cc2C1. The van der Waals surface area contributed by atoms with Gasteiger partial charge in [-0.2, -0.15) is 0 Å². The monoisotopic (exact) mass is 349 g/mol. The molecular weight excluding hydrogens is 330 g/mol. The van der Waals surface area contributed by atoms with Crippen LogP contribution in [0.2, 0.25) is 0 Å². The summed E-state index contributed by atoms with van der Waals surface area (Å²) in [6, 6.07) is 9.52. The third-order valence-corrected chi connectivity index (χ3v) is 4.47. The van der Waals surface area contributed by atoms with E-state index in [1.807, 2.05) is 30.3 Å². The molecule has 0 spiro atoms. The molecule has 4 rings (SSSR count). The molecule has 1 aromatic carbocycles. The topological polar surface area (TPSA) is 93.4 Å². The first-order chi connectivity index (χ1) is 12.7. The van der Waals surface area contributed by atoms with Crippen LogP contribution in [0.1, 0.15) is 5.56 Å². The third-order valence-electron chi connectivity index (χ3n) is 4.47. The molecular formula is C19H19N5O2. The first kappa shape index (κ1) is 16.1. The highest BCUT2D eigenvalue weighted by molar-refractivity contribution is 5.95. The van der Waals surface area contributed by atoms with Gasteiger partial charge >= 0.3 is 6.03 Å². The van der Waals surface area contributed by atoms with Crippen molar-refractivity contribution < 1.29 is 9.53 Å². The van der Waals surface area contributed by atoms with Crippen molar-refractivity contribution in [2.24, 2.45) is 0 Å². The number of hydrogen-bond acceptors (Lipinski definition) is 5. The van der Waals surface area contributed by atoms with E-state index in [0.29, 0.717) is 25.5 Å². The van der Waals surface area contributed by atoms with Gasteiger partial charge in [0.15, 0.2) is 0 Å². The van der Waals surface area contributed by atoms with E-state index >= 15 is 0 Å². The average molecular weight is 349 g/mol. The number of carbonyl (C=O) groups is 1. The summed E-state index contributed by atoms with van der Waals surface area (Å²) in [6.07, 6.45) is 3.51. The lowest BCUT2D eigenvalue weighted by molar-refractivity contribution is 0.190. The van der Waals surface area contributed by atoms with Crippen molar-refractivity contribution in [2.75, 3.05) is 25.9 Å². The summed E-state index contributed by atoms with van der Waals surface area (Å²) in [6.45, 7) is 1.48. The van der Waals surface area contributed by atoms with Crippen LogP contribution in [0.5, 0.6) is 5.75 Å². The second-order valence-corrected chi connectivity index (χ2v) is 6.14. The van der Waals surface area contributed by atoms with Gasteiger partial charge in [0.05, 0.1) is 18.8 Å². The second kappa shape index (κ2) is 6.51. The Bertz CT molecular complexity index is 989. The maximum absolute atomic E-state index is 12.0. The fourth-order valence-corrected chi connectivity index (χ4v) is 3.21. The largest absolute Gasteiger partial charge is 0.491 e. The Kier molecular flexibility index (Phi) is 4.04. The maximum atomic E-state index is 12.0. The van der Waals surface area contributed by atoms with Crippen molar-refractivity contribution in [3.63, 3.8) is 0 Å². The average Bonchev–Trinajstić information content (AvgIpc) is 2.88. The molecule has 0 fully saturated rings. The molecule has 1 aliphatic heterocycles. The van der Waals surface area contributed by atoms with Gasteiger partial charge in [-0.1, -0.05) is 0 Å². The number of hydrogen-bond donors (Lipinski definition) is 2. The van der Waals surface area contributed by atoms with Crippen LogP contribution in [0.4, 0.5) is 10.6 Å². The molecule has 26 heavy (non-hydrogen) atoms. The highest BCUT2D eigenvalue weighted by Crippen LogP contribution is 2.32. The van der Waals surface area contributed by atoms with Gasteiger partial charge in [-0.25, -0.2) is 9.78 Å². The summed E-state index contributed by atoms with van der Waals surface area (Å²) in [4.78, 5) is 22.4. The van der Waals surface area contributed by atoms with Crippen LogP contribution in [0, 0.1) is 0 Å². The van der Waals surface area contributed by atoms with E-state index in [-0.39, 0.29) is 6.03 Å². The molecule has 3 heterocycles. The maximum Gasteiger partial charge on any atom is 0.317 e. The lowest BCUT2D eigenvalue weighted by Gasteiger charge is -2.19. The molecule has 0 bridgehead atoms. The van der Waals surface area contributed by atoms with Gasteiger partial charge in [-0.05, 0) is 30.3 Å². The van der Waals surface area contributed by atoms with E-state index in [1.54, 1.807) is 24.3 Å². The molecule has 7 nitrogen and oxygen atoms in total. The van der Waals surface area contributed by atoms with Gasteiger partial charge in [0, 0.05) is 41.3 Å². The summed E-state index contributed by atoms with van der Waals surface area (Å²) in [5.41, 5.74) is 8.64. The van der Waals surface area contributed by atoms with Gasteiger partial charge in [-0.15, -0.1) is 0 Å². The zero-order chi connectivity index (χ0) is 18.1. The zero-order valence-corrected chi connectivity index (χ0v) is 14.4. The summed E-state index contributed by atoms with van der Waals surface area (Å²) < 4.78 is 5.80. The van der Waals surface area contributed by atoms with Crippen LogP contribution < -0.4 is 15.8 Å². The van der Waals surface area contributed by atoms with E-state index in [9.17, 15) is 4.79 Å². The minimum atomic E-state index is -0.120. The lowest BCUT2D eigenvalue weighted by atomic mass is 10.0. The number of ether oxygens (including phenoxy) is 1. The Balaban J connectivity index is 1.81. The molecule has 0 saturated heterocycles. The van der Waals surface area contributed by atoms with Crippen molar-refractivity contribution in [2.45, 2.75) is 6.54 Å². The number of carbonyl (C=O) groups excluding carboxylic acids is 1. The van der Waals surface area contributed by atoms with Crippen LogP contribution in [0.25, 0.3) is 22.0 Å². The Labute approximate surface area is 150 Å². The van der Waals surface area contributed by atoms with Gasteiger partial charge in [-0.3, -0.25) is 4.98 Å². The van der Waals surface area contributed by atoms with Gasteiger partial charge in [0.25, 0.3) is 0 Å². The van der Waals surface area contributed by atoms with Crippen molar-refractivity contribution in [3.8, 4) is 17.0 Å². The molecule has 0 radical (unpaired) electrons. The van der Waals surface area contributed by atoms with Crippen molar-refractivity contribution >= 4 is 22.6 Å². The number of pyridine rings is 2. The van der Waals surface area contributed by atoms with Gasteiger partial charge in [0.2, 0.25) is 0 Å². The Morgan fingerprint density at radius 1 is 1.31 bits per heavy atom. The number of nitrogens with one attached hydrogen (secondary N) is 1. The minimum absolute atomic E-state index is 0.120. The van der Waals surface area contributed by atoms with E-state index in [1.165, 1.54) is 0 Å². The first-order valence-corrected chi connectivity index (χ1v) is 8.38. The lowest BCUT2D eigenvalue weighted by Crippen LogP contribution is -2.38. The van der Waals surface area contributed by atoms with Gasteiger partial charge < -0.3 is 20.7 Å². The number of anilines is 1. The number of nitrogens with two attached hydrogens (primary N) is 1. The van der Waals surface area contributed by atoms with Crippen LogP contribution >= 0.6 is 0 Å². The van der Waals surface area contributed by atoms with E-state index in [0.717, 1.165) is 33.3 Å². The summed E-state index contributed by atoms with van der Waals surface area (Å²) in [7, 11) is 1.63. The Morgan fingerprint density at radius 2 is 2.19 bits per heavy atom. The molecule has 3 aromatic rings. The molecule has 2 amide bonds. The molecule has 0 atom stereocenters. The number of aromatic nitrogens is 2. The quantitative estimate of drug-likeness (QED) is 0.704. The fourth-order valence-electron chi connectivity index (χ4n) is 3.21. The summed E-state index contributed by atoms with van der Waals surface area (Å²) in [5, 5.41) is 4.58. The molecule has 1 aliphatic rings. The summed E-state index contributed by atoms with van der Waals surface area (Å²) in [5.74, 6) is 1.23. The van der Waals surface area contributed by atoms with Crippen LogP contribution in [-0.2, 0) is 6.54 Å². The van der Waals surface area contributed by atoms with Crippen LogP contribution in [-0.4, -0.2) is 41.1 Å². The number of urea groups is 1. The minimum Gasteiger partial charge on any atom is -0.491 e. The first-order valence-electron chi connectivity index (χ1n) is 8.38. The van der Waals surface area contributed by atoms with E-state index in [4.69, 9.17) is 10.5 Å². The number of amides is 2. The van der Waals surface area contributed by atoms with E-state index in [2.05, 4.69) is 15.3 Å². The standard InChI is InChI=1S/C19H19N5O2/c1-21-19(25)24-6-7-26-16-3-2-12(8-14(16)11-24)18-15-4-5-22-10-13(15)9-17(20)23-18/h2-5,8-10H,6-7,11H2,1H3,(H2,20,23)(H,21,25). The van der Waals surface area contributed by atoms with Crippen molar-refractivity contribution in [1.82, 2.24) is 20.2 Å². The van der Waals surface area contributed by atoms with Gasteiger partial charge in [0.1, 0.15) is 18.2 Å². The number of fused-ring (bicyclic) bond motifs is 2. The smallest absolute Gasteiger partial charge is 0.317 e. The van der Waals surface area contributed by atoms with Crippen molar-refractivity contribution in [3.05, 3.63) is 48.3 Å². The van der Waals surface area contributed by atoms with Crippen LogP contribution in [0.15, 0.2) is 42.7 Å². The molecule has 132 valence electrons. The molecule has 7 heteroatoms. The molecule has 0 unspecified atom stereocenters. The zero-order valence-electron chi connectivity index (χ0n) is 14.4. The predicted octanol–water partition coefficient (Wildman–Crippen LogP) is 2.41. The number of benzene rings is 1. The van der Waals surface area contributed by atoms with Crippen LogP contribution in [0.3, 0.4) is 0 Å². The fraction of sp³-hybridized carbons (Fsp3) is 0.211. The van der Waals surface area contributed by atoms with Crippen molar-refractivity contribution in [1.29, 1.82) is 0 Å². The number of nitrogen functional groups attached to an aromatic ring is 1. The Hall–Kier alpha value is -3.35. The highest BCUT2D eigenvalue weighted by Gasteiger charge is 2.20.